The molecule has 0 bridgehead atoms. The summed E-state index contributed by atoms with van der Waals surface area (Å²) >= 11 is 11.9. The Kier molecular flexibility index (Phi) is 5.11. The van der Waals surface area contributed by atoms with E-state index in [2.05, 4.69) is 10.5 Å². The Morgan fingerprint density at radius 1 is 1.52 bits per heavy atom. The van der Waals surface area contributed by atoms with Gasteiger partial charge in [0.25, 0.3) is 0 Å². The molecule has 2 amide bonds. The van der Waals surface area contributed by atoms with Crippen molar-refractivity contribution in [1.82, 2.24) is 4.90 Å². The summed E-state index contributed by atoms with van der Waals surface area (Å²) in [6.45, 7) is 0.858. The van der Waals surface area contributed by atoms with E-state index in [4.69, 9.17) is 38.9 Å². The molecular formula is C12H14Cl2N4O3. The number of nitrogens with two attached hydrogens (primary N) is 1. The van der Waals surface area contributed by atoms with Crippen LogP contribution < -0.4 is 11.1 Å². The van der Waals surface area contributed by atoms with Crippen molar-refractivity contribution < 1.29 is 14.7 Å². The highest BCUT2D eigenvalue weighted by molar-refractivity contribution is 6.35. The van der Waals surface area contributed by atoms with Crippen molar-refractivity contribution in [1.29, 1.82) is 0 Å². The molecule has 1 unspecified atom stereocenters. The van der Waals surface area contributed by atoms with Crippen LogP contribution in [0.2, 0.25) is 10.0 Å². The van der Waals surface area contributed by atoms with Crippen LogP contribution in [-0.4, -0.2) is 47.8 Å². The van der Waals surface area contributed by atoms with Gasteiger partial charge in [0.1, 0.15) is 6.10 Å². The minimum atomic E-state index is -0.635. The lowest BCUT2D eigenvalue weighted by Crippen LogP contribution is -2.51. The maximum absolute atomic E-state index is 12.2. The summed E-state index contributed by atoms with van der Waals surface area (Å²) in [6.07, 6.45) is -0.635. The topological polar surface area (TPSA) is 100 Å². The molecule has 114 valence electrons. The van der Waals surface area contributed by atoms with E-state index in [1.54, 1.807) is 18.2 Å². The SMILES string of the molecule is NC(=NO)C1CN(C(=O)Nc2cc(Cl)ccc2Cl)CCO1. The number of nitrogens with one attached hydrogen (secondary N) is 1. The number of hydrogen-bond donors (Lipinski definition) is 3. The summed E-state index contributed by atoms with van der Waals surface area (Å²) in [4.78, 5) is 13.7. The van der Waals surface area contributed by atoms with Crippen LogP contribution in [0.25, 0.3) is 0 Å². The second kappa shape index (κ2) is 6.84. The van der Waals surface area contributed by atoms with E-state index < -0.39 is 6.10 Å². The zero-order valence-electron chi connectivity index (χ0n) is 10.9. The van der Waals surface area contributed by atoms with Crippen molar-refractivity contribution in [2.24, 2.45) is 10.9 Å². The number of halogens is 2. The average molecular weight is 333 g/mol. The first-order chi connectivity index (χ1) is 10.0. The summed E-state index contributed by atoms with van der Waals surface area (Å²) in [5.74, 6) is -0.0757. The van der Waals surface area contributed by atoms with E-state index in [-0.39, 0.29) is 25.0 Å². The predicted molar refractivity (Wildman–Crippen MR) is 80.2 cm³/mol. The molecule has 21 heavy (non-hydrogen) atoms. The van der Waals surface area contributed by atoms with Crippen molar-refractivity contribution in [3.8, 4) is 0 Å². The predicted octanol–water partition coefficient (Wildman–Crippen LogP) is 1.97. The molecular weight excluding hydrogens is 319 g/mol. The molecule has 1 aromatic rings. The van der Waals surface area contributed by atoms with Gasteiger partial charge in [0.15, 0.2) is 5.84 Å². The number of ether oxygens (including phenoxy) is 1. The van der Waals surface area contributed by atoms with Crippen LogP contribution in [0.4, 0.5) is 10.5 Å². The Hall–Kier alpha value is -1.70. The molecule has 1 atom stereocenters. The Balaban J connectivity index is 2.04. The molecule has 4 N–H and O–H groups in total. The van der Waals surface area contributed by atoms with Gasteiger partial charge in [-0.1, -0.05) is 28.4 Å². The van der Waals surface area contributed by atoms with E-state index >= 15 is 0 Å². The monoisotopic (exact) mass is 332 g/mol. The van der Waals surface area contributed by atoms with Gasteiger partial charge >= 0.3 is 6.03 Å². The summed E-state index contributed by atoms with van der Waals surface area (Å²) in [7, 11) is 0. The van der Waals surface area contributed by atoms with E-state index in [1.807, 2.05) is 0 Å². The summed E-state index contributed by atoms with van der Waals surface area (Å²) in [5.41, 5.74) is 5.90. The van der Waals surface area contributed by atoms with Crippen molar-refractivity contribution in [2.45, 2.75) is 6.10 Å². The highest BCUT2D eigenvalue weighted by Crippen LogP contribution is 2.25. The number of hydrogen-bond acceptors (Lipinski definition) is 4. The normalized spacial score (nSPS) is 19.4. The number of anilines is 1. The molecule has 1 saturated heterocycles. The molecule has 0 aliphatic carbocycles. The van der Waals surface area contributed by atoms with E-state index in [0.29, 0.717) is 22.3 Å². The standard InChI is InChI=1S/C12H14Cl2N4O3/c13-7-1-2-8(14)9(5-7)16-12(19)18-3-4-21-10(6-18)11(15)17-20/h1-2,5,10,20H,3-4,6H2,(H2,15,17)(H,16,19). The number of oxime groups is 1. The fraction of sp³-hybridized carbons (Fsp3) is 0.333. The van der Waals surface area contributed by atoms with Crippen LogP contribution in [0, 0.1) is 0 Å². The molecule has 9 heteroatoms. The first-order valence-corrected chi connectivity index (χ1v) is 6.87. The van der Waals surface area contributed by atoms with Crippen LogP contribution in [0.1, 0.15) is 0 Å². The van der Waals surface area contributed by atoms with Gasteiger partial charge < -0.3 is 25.9 Å². The van der Waals surface area contributed by atoms with Gasteiger partial charge in [-0.15, -0.1) is 0 Å². The van der Waals surface area contributed by atoms with Gasteiger partial charge in [0.2, 0.25) is 0 Å². The number of morpholine rings is 1. The first-order valence-electron chi connectivity index (χ1n) is 6.11. The molecule has 1 aliphatic rings. The lowest BCUT2D eigenvalue weighted by molar-refractivity contribution is 0.0223. The quantitative estimate of drug-likeness (QED) is 0.333. The largest absolute Gasteiger partial charge is 0.409 e. The lowest BCUT2D eigenvalue weighted by atomic mass is 10.2. The lowest BCUT2D eigenvalue weighted by Gasteiger charge is -2.32. The summed E-state index contributed by atoms with van der Waals surface area (Å²) < 4.78 is 5.32. The number of amidine groups is 1. The molecule has 1 aliphatic heterocycles. The van der Waals surface area contributed by atoms with Crippen LogP contribution in [-0.2, 0) is 4.74 Å². The third-order valence-electron chi connectivity index (χ3n) is 2.97. The molecule has 1 heterocycles. The van der Waals surface area contributed by atoms with E-state index in [0.717, 1.165) is 0 Å². The Morgan fingerprint density at radius 2 is 2.29 bits per heavy atom. The second-order valence-corrected chi connectivity index (χ2v) is 5.23. The zero-order valence-corrected chi connectivity index (χ0v) is 12.4. The zero-order chi connectivity index (χ0) is 15.4. The van der Waals surface area contributed by atoms with Crippen LogP contribution in [0.3, 0.4) is 0 Å². The number of benzene rings is 1. The van der Waals surface area contributed by atoms with Crippen molar-refractivity contribution >= 4 is 40.8 Å². The minimum Gasteiger partial charge on any atom is -0.409 e. The number of rotatable bonds is 2. The van der Waals surface area contributed by atoms with Gasteiger partial charge in [0, 0.05) is 11.6 Å². The average Bonchev–Trinajstić information content (AvgIpc) is 2.50. The molecule has 1 aromatic carbocycles. The number of nitrogens with zero attached hydrogens (tertiary/aromatic N) is 2. The number of carbonyl (C=O) groups excluding carboxylic acids is 1. The maximum atomic E-state index is 12.2. The molecule has 0 spiro atoms. The van der Waals surface area contributed by atoms with Crippen molar-refractivity contribution in [3.05, 3.63) is 28.2 Å². The Labute approximate surface area is 131 Å². The number of carbonyl (C=O) groups is 1. The second-order valence-electron chi connectivity index (χ2n) is 4.38. The minimum absolute atomic E-state index is 0.0757. The van der Waals surface area contributed by atoms with Crippen molar-refractivity contribution in [3.63, 3.8) is 0 Å². The third-order valence-corrected chi connectivity index (χ3v) is 3.53. The van der Waals surface area contributed by atoms with Crippen molar-refractivity contribution in [2.75, 3.05) is 25.0 Å². The summed E-state index contributed by atoms with van der Waals surface area (Å²) in [5, 5.41) is 15.1. The molecule has 0 radical (unpaired) electrons. The fourth-order valence-electron chi connectivity index (χ4n) is 1.86. The van der Waals surface area contributed by atoms with Crippen LogP contribution in [0.15, 0.2) is 23.4 Å². The van der Waals surface area contributed by atoms with Gasteiger partial charge in [-0.25, -0.2) is 4.79 Å². The number of urea groups is 1. The van der Waals surface area contributed by atoms with Crippen LogP contribution in [0.5, 0.6) is 0 Å². The smallest absolute Gasteiger partial charge is 0.322 e. The number of amides is 2. The molecule has 7 nitrogen and oxygen atoms in total. The molecule has 1 fully saturated rings. The highest BCUT2D eigenvalue weighted by atomic mass is 35.5. The van der Waals surface area contributed by atoms with E-state index in [9.17, 15) is 4.79 Å². The molecule has 0 aromatic heterocycles. The highest BCUT2D eigenvalue weighted by Gasteiger charge is 2.27. The fourth-order valence-corrected chi connectivity index (χ4v) is 2.20. The summed E-state index contributed by atoms with van der Waals surface area (Å²) in [6, 6.07) is 4.42. The Bertz CT molecular complexity index is 567. The first kappa shape index (κ1) is 15.7. The van der Waals surface area contributed by atoms with Gasteiger partial charge in [-0.3, -0.25) is 0 Å². The molecule has 0 saturated carbocycles. The Morgan fingerprint density at radius 3 is 3.00 bits per heavy atom. The van der Waals surface area contributed by atoms with Gasteiger partial charge in [-0.2, -0.15) is 0 Å². The van der Waals surface area contributed by atoms with E-state index in [1.165, 1.54) is 4.90 Å². The van der Waals surface area contributed by atoms with Crippen LogP contribution >= 0.6 is 23.2 Å². The molecule has 2 rings (SSSR count). The van der Waals surface area contributed by atoms with Gasteiger partial charge in [0.05, 0.1) is 23.9 Å². The third kappa shape index (κ3) is 3.90. The maximum Gasteiger partial charge on any atom is 0.322 e. The van der Waals surface area contributed by atoms with Gasteiger partial charge in [-0.05, 0) is 18.2 Å².